The van der Waals surface area contributed by atoms with Crippen LogP contribution in [0.2, 0.25) is 0 Å². The molecule has 19 heavy (non-hydrogen) atoms. The molecule has 2 heteroatoms. The van der Waals surface area contributed by atoms with Crippen molar-refractivity contribution in [2.24, 2.45) is 5.73 Å². The zero-order chi connectivity index (χ0) is 13.7. The predicted molar refractivity (Wildman–Crippen MR) is 82.3 cm³/mol. The Kier molecular flexibility index (Phi) is 5.41. The summed E-state index contributed by atoms with van der Waals surface area (Å²) in [6, 6.07) is 12.0. The van der Waals surface area contributed by atoms with Gasteiger partial charge in [-0.25, -0.2) is 0 Å². The van der Waals surface area contributed by atoms with Crippen molar-refractivity contribution >= 4 is 0 Å². The molecule has 1 aromatic rings. The average molecular weight is 260 g/mol. The molecule has 2 nitrogen and oxygen atoms in total. The SMILES string of the molecule is CCN(C1CCCC1)C(CN)C(C)c1ccccc1. The summed E-state index contributed by atoms with van der Waals surface area (Å²) in [7, 11) is 0. The molecule has 1 aromatic carbocycles. The number of likely N-dealkylation sites (N-methyl/N-ethyl adjacent to an activating group) is 1. The van der Waals surface area contributed by atoms with Gasteiger partial charge in [0.15, 0.2) is 0 Å². The number of hydrogen-bond acceptors (Lipinski definition) is 2. The molecular weight excluding hydrogens is 232 g/mol. The maximum atomic E-state index is 6.11. The second kappa shape index (κ2) is 7.06. The summed E-state index contributed by atoms with van der Waals surface area (Å²) in [6.07, 6.45) is 5.48. The van der Waals surface area contributed by atoms with E-state index in [9.17, 15) is 0 Å². The molecule has 1 fully saturated rings. The lowest BCUT2D eigenvalue weighted by molar-refractivity contribution is 0.130. The third kappa shape index (κ3) is 3.37. The van der Waals surface area contributed by atoms with Crippen LogP contribution in [0.25, 0.3) is 0 Å². The van der Waals surface area contributed by atoms with Crippen molar-refractivity contribution in [2.45, 2.75) is 57.5 Å². The summed E-state index contributed by atoms with van der Waals surface area (Å²) in [5.74, 6) is 0.506. The van der Waals surface area contributed by atoms with Crippen LogP contribution >= 0.6 is 0 Å². The molecule has 0 aromatic heterocycles. The number of benzene rings is 1. The fourth-order valence-electron chi connectivity index (χ4n) is 3.60. The lowest BCUT2D eigenvalue weighted by Gasteiger charge is -2.38. The van der Waals surface area contributed by atoms with Gasteiger partial charge in [-0.2, -0.15) is 0 Å². The highest BCUT2D eigenvalue weighted by Crippen LogP contribution is 2.30. The Balaban J connectivity index is 2.12. The van der Waals surface area contributed by atoms with E-state index < -0.39 is 0 Å². The molecule has 0 saturated heterocycles. The second-order valence-electron chi connectivity index (χ2n) is 5.77. The normalized spacial score (nSPS) is 19.8. The molecule has 0 radical (unpaired) electrons. The molecule has 1 saturated carbocycles. The Hall–Kier alpha value is -0.860. The van der Waals surface area contributed by atoms with Crippen LogP contribution in [0.1, 0.15) is 51.0 Å². The minimum absolute atomic E-state index is 0.468. The van der Waals surface area contributed by atoms with Gasteiger partial charge in [-0.3, -0.25) is 4.90 Å². The lowest BCUT2D eigenvalue weighted by Crippen LogP contribution is -2.48. The van der Waals surface area contributed by atoms with Gasteiger partial charge in [-0.05, 0) is 30.9 Å². The Labute approximate surface area is 118 Å². The Morgan fingerprint density at radius 2 is 1.84 bits per heavy atom. The first-order valence-corrected chi connectivity index (χ1v) is 7.78. The molecule has 2 atom stereocenters. The van der Waals surface area contributed by atoms with Gasteiger partial charge in [0.1, 0.15) is 0 Å². The van der Waals surface area contributed by atoms with Crippen molar-refractivity contribution < 1.29 is 0 Å². The highest BCUT2D eigenvalue weighted by atomic mass is 15.2. The fraction of sp³-hybridized carbons (Fsp3) is 0.647. The molecule has 2 unspecified atom stereocenters. The summed E-state index contributed by atoms with van der Waals surface area (Å²) in [4.78, 5) is 2.66. The van der Waals surface area contributed by atoms with Crippen LogP contribution in [0.3, 0.4) is 0 Å². The summed E-state index contributed by atoms with van der Waals surface area (Å²) in [5, 5.41) is 0. The van der Waals surface area contributed by atoms with E-state index in [0.29, 0.717) is 12.0 Å². The van der Waals surface area contributed by atoms with Crippen LogP contribution in [0.5, 0.6) is 0 Å². The topological polar surface area (TPSA) is 29.3 Å². The van der Waals surface area contributed by atoms with E-state index in [4.69, 9.17) is 5.73 Å². The van der Waals surface area contributed by atoms with Crippen molar-refractivity contribution in [3.8, 4) is 0 Å². The highest BCUT2D eigenvalue weighted by Gasteiger charge is 2.30. The molecule has 0 aliphatic heterocycles. The zero-order valence-corrected chi connectivity index (χ0v) is 12.4. The number of rotatable bonds is 6. The van der Waals surface area contributed by atoms with E-state index in [0.717, 1.165) is 19.1 Å². The molecule has 106 valence electrons. The Morgan fingerprint density at radius 1 is 1.21 bits per heavy atom. The standard InChI is InChI=1S/C17H28N2/c1-3-19(16-11-7-8-12-16)17(13-18)14(2)15-9-5-4-6-10-15/h4-6,9-10,14,16-17H,3,7-8,11-13,18H2,1-2H3. The van der Waals surface area contributed by atoms with Crippen LogP contribution in [-0.2, 0) is 0 Å². The smallest absolute Gasteiger partial charge is 0.0287 e. The van der Waals surface area contributed by atoms with Crippen molar-refractivity contribution in [1.82, 2.24) is 4.90 Å². The summed E-state index contributed by atoms with van der Waals surface area (Å²) >= 11 is 0. The van der Waals surface area contributed by atoms with Gasteiger partial charge in [0.25, 0.3) is 0 Å². The molecule has 0 bridgehead atoms. The summed E-state index contributed by atoms with van der Waals surface area (Å²) < 4.78 is 0. The Bertz CT molecular complexity index is 357. The molecule has 1 aliphatic carbocycles. The van der Waals surface area contributed by atoms with Gasteiger partial charge in [0.05, 0.1) is 0 Å². The largest absolute Gasteiger partial charge is 0.329 e. The van der Waals surface area contributed by atoms with E-state index in [-0.39, 0.29) is 0 Å². The van der Waals surface area contributed by atoms with Gasteiger partial charge in [-0.1, -0.05) is 57.0 Å². The first-order valence-electron chi connectivity index (χ1n) is 7.78. The minimum atomic E-state index is 0.468. The molecule has 0 amide bonds. The Morgan fingerprint density at radius 3 is 2.37 bits per heavy atom. The van der Waals surface area contributed by atoms with Crippen LogP contribution in [0.15, 0.2) is 30.3 Å². The van der Waals surface area contributed by atoms with Crippen LogP contribution in [0, 0.1) is 0 Å². The van der Waals surface area contributed by atoms with Crippen molar-refractivity contribution in [3.05, 3.63) is 35.9 Å². The van der Waals surface area contributed by atoms with Crippen LogP contribution in [0.4, 0.5) is 0 Å². The predicted octanol–water partition coefficient (Wildman–Crippen LogP) is 3.38. The molecule has 2 rings (SSSR count). The first kappa shape index (κ1) is 14.5. The van der Waals surface area contributed by atoms with Gasteiger partial charge in [0, 0.05) is 18.6 Å². The molecular formula is C17H28N2. The van der Waals surface area contributed by atoms with E-state index in [1.807, 2.05) is 0 Å². The first-order chi connectivity index (χ1) is 9.27. The maximum Gasteiger partial charge on any atom is 0.0287 e. The van der Waals surface area contributed by atoms with Gasteiger partial charge < -0.3 is 5.73 Å². The summed E-state index contributed by atoms with van der Waals surface area (Å²) in [5.41, 5.74) is 7.52. The molecule has 2 N–H and O–H groups in total. The van der Waals surface area contributed by atoms with Crippen molar-refractivity contribution in [1.29, 1.82) is 0 Å². The van der Waals surface area contributed by atoms with Gasteiger partial charge in [-0.15, -0.1) is 0 Å². The number of nitrogens with two attached hydrogens (primary N) is 1. The van der Waals surface area contributed by atoms with E-state index >= 15 is 0 Å². The third-order valence-electron chi connectivity index (χ3n) is 4.73. The minimum Gasteiger partial charge on any atom is -0.329 e. The molecule has 0 heterocycles. The lowest BCUT2D eigenvalue weighted by atomic mass is 9.91. The quantitative estimate of drug-likeness (QED) is 0.849. The fourth-order valence-corrected chi connectivity index (χ4v) is 3.60. The van der Waals surface area contributed by atoms with E-state index in [1.54, 1.807) is 0 Å². The number of hydrogen-bond donors (Lipinski definition) is 1. The molecule has 0 spiro atoms. The average Bonchev–Trinajstić information content (AvgIpc) is 2.98. The monoisotopic (exact) mass is 260 g/mol. The highest BCUT2D eigenvalue weighted by molar-refractivity contribution is 5.21. The number of nitrogens with zero attached hydrogens (tertiary/aromatic N) is 1. The summed E-state index contributed by atoms with van der Waals surface area (Å²) in [6.45, 7) is 6.47. The molecule has 1 aliphatic rings. The zero-order valence-electron chi connectivity index (χ0n) is 12.4. The van der Waals surface area contributed by atoms with E-state index in [1.165, 1.54) is 31.2 Å². The van der Waals surface area contributed by atoms with Gasteiger partial charge >= 0.3 is 0 Å². The van der Waals surface area contributed by atoms with Gasteiger partial charge in [0.2, 0.25) is 0 Å². The van der Waals surface area contributed by atoms with E-state index in [2.05, 4.69) is 49.1 Å². The third-order valence-corrected chi connectivity index (χ3v) is 4.73. The van der Waals surface area contributed by atoms with Crippen LogP contribution < -0.4 is 5.73 Å². The van der Waals surface area contributed by atoms with Crippen LogP contribution in [-0.4, -0.2) is 30.1 Å². The van der Waals surface area contributed by atoms with Crippen molar-refractivity contribution in [2.75, 3.05) is 13.1 Å². The second-order valence-corrected chi connectivity index (χ2v) is 5.77. The maximum absolute atomic E-state index is 6.11. The van der Waals surface area contributed by atoms with Crippen molar-refractivity contribution in [3.63, 3.8) is 0 Å².